The summed E-state index contributed by atoms with van der Waals surface area (Å²) >= 11 is 7.97. The summed E-state index contributed by atoms with van der Waals surface area (Å²) in [5.74, 6) is -0.161. The van der Waals surface area contributed by atoms with Gasteiger partial charge in [-0.05, 0) is 54.1 Å². The van der Waals surface area contributed by atoms with E-state index in [0.29, 0.717) is 42.0 Å². The molecule has 3 aromatic heterocycles. The number of thiophene rings is 1. The smallest absolute Gasteiger partial charge is 0.161 e. The van der Waals surface area contributed by atoms with E-state index >= 15 is 0 Å². The Balaban J connectivity index is 1.44. The number of hydrogen-bond donors (Lipinski definition) is 1. The van der Waals surface area contributed by atoms with Gasteiger partial charge in [0.05, 0.1) is 40.6 Å². The van der Waals surface area contributed by atoms with Crippen LogP contribution in [-0.4, -0.2) is 20.3 Å². The molecule has 0 saturated carbocycles. The van der Waals surface area contributed by atoms with Gasteiger partial charge in [0.2, 0.25) is 0 Å². The second kappa shape index (κ2) is 8.94. The number of carbonyl (C=O) groups excluding carboxylic acids is 1. The van der Waals surface area contributed by atoms with Crippen molar-refractivity contribution in [3.05, 3.63) is 98.6 Å². The lowest BCUT2D eigenvalue weighted by molar-refractivity contribution is -0.116. The van der Waals surface area contributed by atoms with Gasteiger partial charge in [0.25, 0.3) is 0 Å². The van der Waals surface area contributed by atoms with Crippen molar-refractivity contribution >= 4 is 45.4 Å². The highest BCUT2D eigenvalue weighted by molar-refractivity contribution is 7.10. The monoisotopic (exact) mass is 512 g/mol. The van der Waals surface area contributed by atoms with Crippen molar-refractivity contribution in [2.24, 2.45) is 5.73 Å². The minimum absolute atomic E-state index is 0.0436. The highest BCUT2D eigenvalue weighted by Crippen LogP contribution is 2.48. The van der Waals surface area contributed by atoms with Crippen LogP contribution in [0.5, 0.6) is 0 Å². The number of hydrogen-bond acceptors (Lipinski definition) is 7. The van der Waals surface area contributed by atoms with Gasteiger partial charge >= 0.3 is 0 Å². The summed E-state index contributed by atoms with van der Waals surface area (Å²) in [6.45, 7) is 0.641. The number of benzene rings is 1. The number of pyridine rings is 1. The van der Waals surface area contributed by atoms with E-state index in [0.717, 1.165) is 33.6 Å². The van der Waals surface area contributed by atoms with E-state index < -0.39 is 5.92 Å². The fourth-order valence-electron chi connectivity index (χ4n) is 5.15. The fraction of sp³-hybridized carbons (Fsp3) is 0.185. The van der Waals surface area contributed by atoms with Gasteiger partial charge in [0.15, 0.2) is 10.9 Å². The molecular weight excluding hydrogens is 492 g/mol. The number of rotatable bonds is 4. The normalized spacial score (nSPS) is 18.1. The molecule has 0 bridgehead atoms. The zero-order valence-electron chi connectivity index (χ0n) is 19.2. The second-order valence-electron chi connectivity index (χ2n) is 8.85. The van der Waals surface area contributed by atoms with Crippen LogP contribution in [0, 0.1) is 11.3 Å². The number of anilines is 1. The number of nitriles is 1. The molecule has 0 spiro atoms. The molecule has 6 rings (SSSR count). The number of carbonyl (C=O) groups is 1. The predicted molar refractivity (Wildman–Crippen MR) is 140 cm³/mol. The van der Waals surface area contributed by atoms with E-state index in [9.17, 15) is 10.1 Å². The number of para-hydroxylation sites is 2. The number of nitrogens with zero attached hydrogens (tertiary/aromatic N) is 5. The van der Waals surface area contributed by atoms with E-state index in [1.54, 1.807) is 34.6 Å². The van der Waals surface area contributed by atoms with Gasteiger partial charge in [0, 0.05) is 35.3 Å². The summed E-state index contributed by atoms with van der Waals surface area (Å²) in [4.78, 5) is 24.7. The SMILES string of the molecule is N#CC1=C(N)N(c2cccnc2Cl)C2=C(C(=O)CCC2)[C@H]1c1cc(Cn2cnc3ccccc32)cs1. The Bertz CT molecular complexity index is 1620. The molecule has 178 valence electrons. The third-order valence-electron chi connectivity index (χ3n) is 6.73. The molecule has 0 unspecified atom stereocenters. The summed E-state index contributed by atoms with van der Waals surface area (Å²) in [5.41, 5.74) is 12.1. The highest BCUT2D eigenvalue weighted by atomic mass is 35.5. The Morgan fingerprint density at radius 1 is 1.19 bits per heavy atom. The lowest BCUT2D eigenvalue weighted by Crippen LogP contribution is -2.38. The fourth-order valence-corrected chi connectivity index (χ4v) is 6.38. The molecule has 1 atom stereocenters. The predicted octanol–water partition coefficient (Wildman–Crippen LogP) is 5.50. The Hall–Kier alpha value is -3.93. The van der Waals surface area contributed by atoms with E-state index in [1.807, 2.05) is 30.6 Å². The maximum absolute atomic E-state index is 13.3. The van der Waals surface area contributed by atoms with Crippen LogP contribution in [0.1, 0.15) is 35.6 Å². The molecule has 0 radical (unpaired) electrons. The lowest BCUT2D eigenvalue weighted by Gasteiger charge is -2.39. The third-order valence-corrected chi connectivity index (χ3v) is 8.07. The number of nitrogens with two attached hydrogens (primary N) is 1. The first-order valence-electron chi connectivity index (χ1n) is 11.6. The minimum Gasteiger partial charge on any atom is -0.384 e. The van der Waals surface area contributed by atoms with E-state index in [2.05, 4.69) is 32.1 Å². The first-order chi connectivity index (χ1) is 17.6. The van der Waals surface area contributed by atoms with Gasteiger partial charge in [-0.2, -0.15) is 5.26 Å². The van der Waals surface area contributed by atoms with E-state index in [-0.39, 0.29) is 10.9 Å². The second-order valence-corrected chi connectivity index (χ2v) is 10.1. The van der Waals surface area contributed by atoms with Crippen molar-refractivity contribution in [1.29, 1.82) is 5.26 Å². The van der Waals surface area contributed by atoms with Crippen LogP contribution in [0.25, 0.3) is 11.0 Å². The molecule has 1 aliphatic carbocycles. The molecule has 0 saturated heterocycles. The van der Waals surface area contributed by atoms with Crippen LogP contribution in [0.3, 0.4) is 0 Å². The number of fused-ring (bicyclic) bond motifs is 1. The van der Waals surface area contributed by atoms with Gasteiger partial charge < -0.3 is 10.3 Å². The Labute approximate surface area is 216 Å². The van der Waals surface area contributed by atoms with E-state index in [4.69, 9.17) is 17.3 Å². The number of ketones is 1. The van der Waals surface area contributed by atoms with Crippen LogP contribution in [0.4, 0.5) is 5.69 Å². The van der Waals surface area contributed by atoms with Crippen molar-refractivity contribution in [3.8, 4) is 6.07 Å². The van der Waals surface area contributed by atoms with Crippen LogP contribution in [0.15, 0.2) is 83.0 Å². The molecule has 2 aliphatic rings. The molecule has 1 aliphatic heterocycles. The van der Waals surface area contributed by atoms with Gasteiger partial charge in [0.1, 0.15) is 5.82 Å². The van der Waals surface area contributed by atoms with Gasteiger partial charge in [-0.15, -0.1) is 11.3 Å². The third kappa shape index (κ3) is 3.60. The summed E-state index contributed by atoms with van der Waals surface area (Å²) < 4.78 is 2.10. The molecule has 9 heteroatoms. The molecule has 4 aromatic rings. The van der Waals surface area contributed by atoms with Crippen molar-refractivity contribution in [3.63, 3.8) is 0 Å². The van der Waals surface area contributed by atoms with Gasteiger partial charge in [-0.3, -0.25) is 9.69 Å². The zero-order chi connectivity index (χ0) is 24.8. The lowest BCUT2D eigenvalue weighted by atomic mass is 9.78. The number of aromatic nitrogens is 3. The quantitative estimate of drug-likeness (QED) is 0.362. The summed E-state index contributed by atoms with van der Waals surface area (Å²) in [5, 5.41) is 12.6. The minimum atomic E-state index is -0.497. The maximum Gasteiger partial charge on any atom is 0.161 e. The van der Waals surface area contributed by atoms with Crippen LogP contribution < -0.4 is 10.6 Å². The molecule has 2 N–H and O–H groups in total. The Morgan fingerprint density at radius 2 is 2.06 bits per heavy atom. The number of halogens is 1. The molecule has 4 heterocycles. The summed E-state index contributed by atoms with van der Waals surface area (Å²) in [7, 11) is 0. The Morgan fingerprint density at radius 3 is 2.89 bits per heavy atom. The number of Topliss-reactive ketones (excluding diaryl/α,β-unsaturated/α-hetero) is 1. The van der Waals surface area contributed by atoms with Crippen molar-refractivity contribution in [1.82, 2.24) is 14.5 Å². The summed E-state index contributed by atoms with van der Waals surface area (Å²) in [6, 6.07) is 16.0. The average Bonchev–Trinajstić information content (AvgIpc) is 3.52. The van der Waals surface area contributed by atoms with Crippen molar-refractivity contribution in [2.45, 2.75) is 31.7 Å². The summed E-state index contributed by atoms with van der Waals surface area (Å²) in [6.07, 6.45) is 5.27. The van der Waals surface area contributed by atoms with Gasteiger partial charge in [-0.1, -0.05) is 23.7 Å². The molecule has 7 nitrogen and oxygen atoms in total. The molecule has 0 amide bonds. The van der Waals surface area contributed by atoms with Gasteiger partial charge in [-0.25, -0.2) is 9.97 Å². The first kappa shape index (κ1) is 22.5. The standard InChI is InChI=1S/C27H21ClN6OS/c28-26-21(8-4-10-31-26)34-20-7-3-9-22(35)25(20)24(17(12-29)27(34)30)23-11-16(14-36-23)13-33-15-32-18-5-1-2-6-19(18)33/h1-2,4-6,8,10-11,14-15,24H,3,7,9,13,30H2/t24-/m1/s1. The van der Waals surface area contributed by atoms with Crippen molar-refractivity contribution < 1.29 is 4.79 Å². The number of allylic oxidation sites excluding steroid dienone is 3. The van der Waals surface area contributed by atoms with E-state index in [1.165, 1.54) is 0 Å². The van der Waals surface area contributed by atoms with Crippen LogP contribution in [0.2, 0.25) is 5.15 Å². The number of imidazole rings is 1. The highest BCUT2D eigenvalue weighted by Gasteiger charge is 2.41. The molecule has 0 fully saturated rings. The van der Waals surface area contributed by atoms with Crippen LogP contribution in [-0.2, 0) is 11.3 Å². The first-order valence-corrected chi connectivity index (χ1v) is 12.9. The molecule has 36 heavy (non-hydrogen) atoms. The largest absolute Gasteiger partial charge is 0.384 e. The topological polar surface area (TPSA) is 101 Å². The average molecular weight is 513 g/mol. The van der Waals surface area contributed by atoms with Crippen molar-refractivity contribution in [2.75, 3.05) is 4.90 Å². The molecule has 1 aromatic carbocycles. The maximum atomic E-state index is 13.3. The zero-order valence-corrected chi connectivity index (χ0v) is 20.8. The van der Waals surface area contributed by atoms with Crippen LogP contribution >= 0.6 is 22.9 Å². The molecular formula is C27H21ClN6OS. The Kier molecular flexibility index (Phi) is 5.59.